The van der Waals surface area contributed by atoms with Gasteiger partial charge in [-0.15, -0.1) is 0 Å². The fraction of sp³-hybridized carbons (Fsp3) is 0.150. The number of ether oxygens (including phenoxy) is 2. The molecule has 0 spiro atoms. The molecule has 2 amide bonds. The minimum atomic E-state index is -0.395. The van der Waals surface area contributed by atoms with Crippen molar-refractivity contribution in [1.82, 2.24) is 5.32 Å². The molecule has 0 unspecified atom stereocenters. The van der Waals surface area contributed by atoms with Crippen molar-refractivity contribution in [1.29, 1.82) is 0 Å². The second-order valence-corrected chi connectivity index (χ2v) is 7.71. The molecule has 0 bridgehead atoms. The van der Waals surface area contributed by atoms with Gasteiger partial charge in [-0.3, -0.25) is 9.59 Å². The molecular formula is C20H17BrN2O4S. The lowest BCUT2D eigenvalue weighted by Gasteiger charge is -2.14. The number of methoxy groups -OCH3 is 1. The van der Waals surface area contributed by atoms with Crippen LogP contribution in [-0.2, 0) is 16.2 Å². The van der Waals surface area contributed by atoms with Crippen LogP contribution in [0.25, 0.3) is 6.08 Å². The van der Waals surface area contributed by atoms with Crippen molar-refractivity contribution in [3.05, 3.63) is 63.0 Å². The highest BCUT2D eigenvalue weighted by Crippen LogP contribution is 2.38. The van der Waals surface area contributed by atoms with Crippen LogP contribution in [0.1, 0.15) is 18.1 Å². The highest BCUT2D eigenvalue weighted by Gasteiger charge is 2.23. The molecular weight excluding hydrogens is 444 g/mol. The molecule has 6 nitrogen and oxygen atoms in total. The molecule has 144 valence electrons. The van der Waals surface area contributed by atoms with E-state index < -0.39 is 5.91 Å². The molecule has 28 heavy (non-hydrogen) atoms. The second-order valence-electron chi connectivity index (χ2n) is 5.82. The number of amides is 2. The zero-order chi connectivity index (χ0) is 20.1. The predicted octanol–water partition coefficient (Wildman–Crippen LogP) is 4.14. The van der Waals surface area contributed by atoms with Gasteiger partial charge in [-0.2, -0.15) is 4.99 Å². The number of hydrogen-bond acceptors (Lipinski definition) is 5. The summed E-state index contributed by atoms with van der Waals surface area (Å²) in [6.45, 7) is 1.77. The number of carbonyl (C=O) groups excluding carboxylic acids is 2. The Morgan fingerprint density at radius 2 is 2.04 bits per heavy atom. The number of amidine groups is 1. The number of nitrogens with one attached hydrogen (secondary N) is 1. The molecule has 0 fully saturated rings. The van der Waals surface area contributed by atoms with E-state index in [-0.39, 0.29) is 11.1 Å². The number of carbonyl (C=O) groups is 2. The van der Waals surface area contributed by atoms with E-state index in [1.807, 2.05) is 36.4 Å². The van der Waals surface area contributed by atoms with Gasteiger partial charge in [0, 0.05) is 6.92 Å². The second kappa shape index (κ2) is 9.07. The van der Waals surface area contributed by atoms with E-state index in [0.717, 1.165) is 22.9 Å². The molecule has 1 N–H and O–H groups in total. The highest BCUT2D eigenvalue weighted by atomic mass is 79.9. The third-order valence-corrected chi connectivity index (χ3v) is 5.17. The van der Waals surface area contributed by atoms with Gasteiger partial charge in [0.05, 0.1) is 16.5 Å². The summed E-state index contributed by atoms with van der Waals surface area (Å²) in [7, 11) is 1.56. The van der Waals surface area contributed by atoms with Gasteiger partial charge >= 0.3 is 0 Å². The quantitative estimate of drug-likeness (QED) is 0.678. The van der Waals surface area contributed by atoms with E-state index in [2.05, 4.69) is 26.2 Å². The van der Waals surface area contributed by atoms with Gasteiger partial charge in [-0.1, -0.05) is 30.3 Å². The number of benzene rings is 2. The van der Waals surface area contributed by atoms with Crippen LogP contribution in [0, 0.1) is 0 Å². The van der Waals surface area contributed by atoms with E-state index in [1.54, 1.807) is 19.3 Å². The molecule has 0 aromatic heterocycles. The summed E-state index contributed by atoms with van der Waals surface area (Å²) in [6, 6.07) is 13.4. The smallest absolute Gasteiger partial charge is 0.286 e. The molecule has 2 aromatic carbocycles. The summed E-state index contributed by atoms with van der Waals surface area (Å²) in [5, 5.41) is 2.80. The number of aliphatic imine (C=N–C) groups is 1. The van der Waals surface area contributed by atoms with Crippen LogP contribution < -0.4 is 14.8 Å². The lowest BCUT2D eigenvalue weighted by atomic mass is 10.2. The molecule has 0 saturated carbocycles. The van der Waals surface area contributed by atoms with Crippen molar-refractivity contribution in [2.24, 2.45) is 4.99 Å². The Kier molecular flexibility index (Phi) is 6.53. The summed E-state index contributed by atoms with van der Waals surface area (Å²) in [5.74, 6) is 0.447. The van der Waals surface area contributed by atoms with Crippen molar-refractivity contribution < 1.29 is 19.1 Å². The molecule has 0 aliphatic carbocycles. The Morgan fingerprint density at radius 3 is 2.71 bits per heavy atom. The third-order valence-electron chi connectivity index (χ3n) is 3.68. The molecule has 0 atom stereocenters. The van der Waals surface area contributed by atoms with Crippen molar-refractivity contribution in [2.75, 3.05) is 7.11 Å². The molecule has 0 radical (unpaired) electrons. The maximum atomic E-state index is 12.0. The molecule has 1 heterocycles. The minimum Gasteiger partial charge on any atom is -0.493 e. The van der Waals surface area contributed by atoms with Crippen LogP contribution in [0.3, 0.4) is 0 Å². The van der Waals surface area contributed by atoms with Gasteiger partial charge in [0.1, 0.15) is 6.61 Å². The zero-order valence-corrected chi connectivity index (χ0v) is 17.6. The summed E-state index contributed by atoms with van der Waals surface area (Å²) in [5.41, 5.74) is 1.78. The first kappa shape index (κ1) is 20.2. The van der Waals surface area contributed by atoms with Crippen LogP contribution >= 0.6 is 27.7 Å². The Balaban J connectivity index is 1.80. The molecule has 0 saturated heterocycles. The van der Waals surface area contributed by atoms with Gasteiger partial charge in [0.2, 0.25) is 5.91 Å². The van der Waals surface area contributed by atoms with Crippen LogP contribution in [-0.4, -0.2) is 24.1 Å². The van der Waals surface area contributed by atoms with E-state index in [1.165, 1.54) is 6.92 Å². The number of thioether (sulfide) groups is 1. The molecule has 1 aliphatic heterocycles. The summed E-state index contributed by atoms with van der Waals surface area (Å²) < 4.78 is 12.1. The first-order valence-corrected chi connectivity index (χ1v) is 9.91. The van der Waals surface area contributed by atoms with E-state index in [0.29, 0.717) is 27.5 Å². The third kappa shape index (κ3) is 5.02. The average Bonchev–Trinajstić information content (AvgIpc) is 2.99. The highest BCUT2D eigenvalue weighted by molar-refractivity contribution is 9.10. The predicted molar refractivity (Wildman–Crippen MR) is 113 cm³/mol. The summed E-state index contributed by atoms with van der Waals surface area (Å²) >= 11 is 4.63. The lowest BCUT2D eigenvalue weighted by Crippen LogP contribution is -2.23. The zero-order valence-electron chi connectivity index (χ0n) is 15.2. The Hall–Kier alpha value is -2.58. The molecule has 8 heteroatoms. The number of hydrogen-bond donors (Lipinski definition) is 1. The van der Waals surface area contributed by atoms with Gasteiger partial charge < -0.3 is 14.8 Å². The van der Waals surface area contributed by atoms with E-state index in [4.69, 9.17) is 9.47 Å². The number of nitrogens with zero attached hydrogens (tertiary/aromatic N) is 1. The lowest BCUT2D eigenvalue weighted by molar-refractivity contribution is -0.117. The number of rotatable bonds is 5. The Labute approximate surface area is 175 Å². The van der Waals surface area contributed by atoms with Crippen LogP contribution in [0.2, 0.25) is 0 Å². The van der Waals surface area contributed by atoms with Gasteiger partial charge in [0.25, 0.3) is 5.91 Å². The fourth-order valence-electron chi connectivity index (χ4n) is 2.46. The Morgan fingerprint density at radius 1 is 1.29 bits per heavy atom. The monoisotopic (exact) mass is 460 g/mol. The van der Waals surface area contributed by atoms with E-state index >= 15 is 0 Å². The maximum Gasteiger partial charge on any atom is 0.286 e. The summed E-state index contributed by atoms with van der Waals surface area (Å²) in [6.07, 6.45) is 1.69. The average molecular weight is 461 g/mol. The number of halogens is 1. The van der Waals surface area contributed by atoms with Gasteiger partial charge in [-0.05, 0) is 57.0 Å². The maximum absolute atomic E-state index is 12.0. The van der Waals surface area contributed by atoms with Crippen molar-refractivity contribution in [3.8, 4) is 11.5 Å². The molecule has 1 aliphatic rings. The van der Waals surface area contributed by atoms with Crippen molar-refractivity contribution in [3.63, 3.8) is 0 Å². The standard InChI is InChI=1S/C20H17BrN2O4S/c1-12(24)22-20-23-19(25)17(28-20)10-14-8-15(21)18(16(9-14)26-2)27-11-13-6-4-3-5-7-13/h3-10H,11H2,1-2H3,(H,22,23,24,25)/b17-10-. The Bertz CT molecular complexity index is 974. The largest absolute Gasteiger partial charge is 0.493 e. The van der Waals surface area contributed by atoms with Crippen LogP contribution in [0.15, 0.2) is 56.8 Å². The van der Waals surface area contributed by atoms with Crippen LogP contribution in [0.5, 0.6) is 11.5 Å². The normalized spacial score (nSPS) is 14.8. The molecule has 3 rings (SSSR count). The summed E-state index contributed by atoms with van der Waals surface area (Å²) in [4.78, 5) is 27.4. The topological polar surface area (TPSA) is 77.0 Å². The minimum absolute atomic E-state index is 0.273. The van der Waals surface area contributed by atoms with E-state index in [9.17, 15) is 9.59 Å². The molecule has 2 aromatic rings. The van der Waals surface area contributed by atoms with Crippen molar-refractivity contribution in [2.45, 2.75) is 13.5 Å². The van der Waals surface area contributed by atoms with Gasteiger partial charge in [0.15, 0.2) is 16.7 Å². The SMILES string of the molecule is COc1cc(/C=C2\SC(NC(C)=O)=NC2=O)cc(Br)c1OCc1ccccc1. The van der Waals surface area contributed by atoms with Crippen LogP contribution in [0.4, 0.5) is 0 Å². The van der Waals surface area contributed by atoms with Crippen molar-refractivity contribution >= 4 is 50.7 Å². The fourth-order valence-corrected chi connectivity index (χ4v) is 3.89. The first-order chi connectivity index (χ1) is 13.5. The first-order valence-electron chi connectivity index (χ1n) is 8.30. The van der Waals surface area contributed by atoms with Gasteiger partial charge in [-0.25, -0.2) is 0 Å².